The first-order valence-corrected chi connectivity index (χ1v) is 11.6. The Morgan fingerprint density at radius 1 is 1.09 bits per heavy atom. The molecule has 0 radical (unpaired) electrons. The first-order chi connectivity index (χ1) is 16.2. The molecule has 9 nitrogen and oxygen atoms in total. The van der Waals surface area contributed by atoms with Crippen LogP contribution in [0.25, 0.3) is 10.8 Å². The van der Waals surface area contributed by atoms with Crippen molar-refractivity contribution in [2.24, 2.45) is 0 Å². The molecular weight excluding hydrogens is 437 g/mol. The van der Waals surface area contributed by atoms with E-state index in [1.54, 1.807) is 23.4 Å². The molecular formula is C24H30FN7O2. The second-order valence-corrected chi connectivity index (χ2v) is 9.75. The molecule has 0 saturated carbocycles. The van der Waals surface area contributed by atoms with E-state index in [9.17, 15) is 14.6 Å². The summed E-state index contributed by atoms with van der Waals surface area (Å²) in [6.45, 7) is 7.43. The lowest BCUT2D eigenvalue weighted by molar-refractivity contribution is -0.0332. The van der Waals surface area contributed by atoms with Crippen molar-refractivity contribution in [1.82, 2.24) is 19.9 Å². The van der Waals surface area contributed by atoms with Crippen molar-refractivity contribution in [3.05, 3.63) is 36.3 Å². The number of pyridine rings is 2. The fourth-order valence-corrected chi connectivity index (χ4v) is 4.43. The average Bonchev–Trinajstić information content (AvgIpc) is 2.78. The first kappa shape index (κ1) is 22.7. The molecule has 2 aliphatic rings. The molecule has 34 heavy (non-hydrogen) atoms. The van der Waals surface area contributed by atoms with Gasteiger partial charge in [-0.2, -0.15) is 4.98 Å². The number of aromatic nitrogens is 4. The first-order valence-electron chi connectivity index (χ1n) is 11.6. The van der Waals surface area contributed by atoms with E-state index >= 15 is 0 Å². The second kappa shape index (κ2) is 8.59. The summed E-state index contributed by atoms with van der Waals surface area (Å²) in [5.74, 6) is 2.70. The van der Waals surface area contributed by atoms with Crippen molar-refractivity contribution in [2.75, 3.05) is 41.3 Å². The van der Waals surface area contributed by atoms with Gasteiger partial charge in [-0.1, -0.05) is 13.8 Å². The largest absolute Gasteiger partial charge is 0.389 e. The number of fused-ring (bicyclic) bond motifs is 1. The monoisotopic (exact) mass is 467 g/mol. The van der Waals surface area contributed by atoms with Crippen LogP contribution < -0.4 is 15.1 Å². The lowest BCUT2D eigenvalue weighted by Gasteiger charge is -2.38. The standard InChI is InChI=1S/C24H30FN7O2/c1-14(2)17-9-28-22(32-11-15(33)12-32)18-10-27-21(8-16(17)18)29-20-4-6-26-23(30-20)31-7-5-24(3,34)19(25)13-31/h4,6,8-10,14-15,19,33-34H,5,7,11-13H2,1-3H3,(H,26,27,29,30)/t19-,24+/m1/s1. The van der Waals surface area contributed by atoms with E-state index in [1.807, 2.05) is 12.3 Å². The normalized spacial score (nSPS) is 23.4. The van der Waals surface area contributed by atoms with Gasteiger partial charge in [-0.15, -0.1) is 0 Å². The van der Waals surface area contributed by atoms with Gasteiger partial charge in [-0.25, -0.2) is 19.3 Å². The number of piperidine rings is 1. The van der Waals surface area contributed by atoms with Crippen LogP contribution in [0.4, 0.5) is 27.8 Å². The Morgan fingerprint density at radius 2 is 1.88 bits per heavy atom. The van der Waals surface area contributed by atoms with Crippen LogP contribution in [0.15, 0.2) is 30.7 Å². The molecule has 2 aliphatic heterocycles. The van der Waals surface area contributed by atoms with Gasteiger partial charge in [0.25, 0.3) is 0 Å². The summed E-state index contributed by atoms with van der Waals surface area (Å²) < 4.78 is 14.3. The van der Waals surface area contributed by atoms with Crippen LogP contribution in [0.5, 0.6) is 0 Å². The Labute approximate surface area is 197 Å². The van der Waals surface area contributed by atoms with Gasteiger partial charge in [0.05, 0.1) is 18.2 Å². The maximum absolute atomic E-state index is 14.3. The Morgan fingerprint density at radius 3 is 2.59 bits per heavy atom. The third-order valence-corrected chi connectivity index (χ3v) is 6.69. The minimum Gasteiger partial charge on any atom is -0.389 e. The number of hydrogen-bond donors (Lipinski definition) is 3. The van der Waals surface area contributed by atoms with Crippen LogP contribution in [0.2, 0.25) is 0 Å². The SMILES string of the molecule is CC(C)c1cnc(N2CC(O)C2)c2cnc(Nc3ccnc(N4CC[C@](C)(O)[C@H](F)C4)n3)cc12. The molecule has 0 aliphatic carbocycles. The Hall–Kier alpha value is -3.11. The highest BCUT2D eigenvalue weighted by molar-refractivity contribution is 5.96. The van der Waals surface area contributed by atoms with Crippen LogP contribution in [0, 0.1) is 0 Å². The molecule has 5 heterocycles. The summed E-state index contributed by atoms with van der Waals surface area (Å²) in [6.07, 6.45) is 3.96. The second-order valence-electron chi connectivity index (χ2n) is 9.75. The average molecular weight is 468 g/mol. The van der Waals surface area contributed by atoms with Crippen molar-refractivity contribution in [3.63, 3.8) is 0 Å². The number of halogens is 1. The van der Waals surface area contributed by atoms with Crippen LogP contribution in [-0.2, 0) is 0 Å². The Bertz CT molecular complexity index is 1200. The number of β-amino-alcohol motifs (C(OH)–C–C–N with tert-alkyl or cyclic N) is 1. The van der Waals surface area contributed by atoms with E-state index in [0.29, 0.717) is 43.6 Å². The maximum atomic E-state index is 14.3. The van der Waals surface area contributed by atoms with Gasteiger partial charge in [-0.3, -0.25) is 0 Å². The molecule has 2 fully saturated rings. The van der Waals surface area contributed by atoms with Crippen LogP contribution in [0.1, 0.15) is 38.7 Å². The molecule has 10 heteroatoms. The molecule has 0 aromatic carbocycles. The summed E-state index contributed by atoms with van der Waals surface area (Å²) in [5, 5.41) is 25.1. The zero-order valence-electron chi connectivity index (χ0n) is 19.6. The third-order valence-electron chi connectivity index (χ3n) is 6.69. The van der Waals surface area contributed by atoms with Gasteiger partial charge in [0.15, 0.2) is 0 Å². The van der Waals surface area contributed by atoms with E-state index in [-0.39, 0.29) is 18.6 Å². The zero-order valence-corrected chi connectivity index (χ0v) is 19.6. The van der Waals surface area contributed by atoms with E-state index < -0.39 is 11.8 Å². The molecule has 0 spiro atoms. The summed E-state index contributed by atoms with van der Waals surface area (Å²) in [4.78, 5) is 21.9. The summed E-state index contributed by atoms with van der Waals surface area (Å²) in [6, 6.07) is 3.73. The Kier molecular flexibility index (Phi) is 5.73. The number of rotatable bonds is 5. The predicted molar refractivity (Wildman–Crippen MR) is 130 cm³/mol. The fourth-order valence-electron chi connectivity index (χ4n) is 4.43. The molecule has 3 N–H and O–H groups in total. The van der Waals surface area contributed by atoms with E-state index in [1.165, 1.54) is 6.92 Å². The number of alkyl halides is 1. The number of aliphatic hydroxyl groups is 2. The van der Waals surface area contributed by atoms with Crippen molar-refractivity contribution in [1.29, 1.82) is 0 Å². The van der Waals surface area contributed by atoms with Crippen molar-refractivity contribution >= 4 is 34.2 Å². The van der Waals surface area contributed by atoms with Gasteiger partial charge < -0.3 is 25.3 Å². The molecule has 3 aromatic rings. The van der Waals surface area contributed by atoms with Crippen LogP contribution >= 0.6 is 0 Å². The van der Waals surface area contributed by atoms with E-state index in [0.717, 1.165) is 22.2 Å². The van der Waals surface area contributed by atoms with E-state index in [4.69, 9.17) is 0 Å². The lowest BCUT2D eigenvalue weighted by Crippen LogP contribution is -2.52. The zero-order chi connectivity index (χ0) is 24.0. The highest BCUT2D eigenvalue weighted by Gasteiger charge is 2.38. The minimum atomic E-state index is -1.37. The molecule has 3 aromatic heterocycles. The molecule has 0 unspecified atom stereocenters. The van der Waals surface area contributed by atoms with Gasteiger partial charge in [-0.05, 0) is 42.3 Å². The lowest BCUT2D eigenvalue weighted by atomic mass is 9.92. The van der Waals surface area contributed by atoms with Crippen molar-refractivity contribution in [2.45, 2.75) is 51.0 Å². The van der Waals surface area contributed by atoms with E-state index in [2.05, 4.69) is 44.0 Å². The highest BCUT2D eigenvalue weighted by atomic mass is 19.1. The molecule has 2 atom stereocenters. The number of nitrogens with zero attached hydrogens (tertiary/aromatic N) is 6. The van der Waals surface area contributed by atoms with Crippen molar-refractivity contribution < 1.29 is 14.6 Å². The third kappa shape index (κ3) is 4.23. The summed E-state index contributed by atoms with van der Waals surface area (Å²) in [5.41, 5.74) is -0.208. The number of nitrogens with one attached hydrogen (secondary N) is 1. The van der Waals surface area contributed by atoms with Gasteiger partial charge in [0.2, 0.25) is 5.95 Å². The number of aliphatic hydroxyl groups excluding tert-OH is 1. The van der Waals surface area contributed by atoms with Gasteiger partial charge in [0.1, 0.15) is 23.6 Å². The number of hydrogen-bond acceptors (Lipinski definition) is 9. The topological polar surface area (TPSA) is 111 Å². The molecule has 0 bridgehead atoms. The molecule has 180 valence electrons. The summed E-state index contributed by atoms with van der Waals surface area (Å²) >= 11 is 0. The van der Waals surface area contributed by atoms with Crippen molar-refractivity contribution in [3.8, 4) is 0 Å². The van der Waals surface area contributed by atoms with Gasteiger partial charge in [0, 0.05) is 43.6 Å². The van der Waals surface area contributed by atoms with Gasteiger partial charge >= 0.3 is 0 Å². The highest BCUT2D eigenvalue weighted by Crippen LogP contribution is 2.34. The smallest absolute Gasteiger partial charge is 0.227 e. The predicted octanol–water partition coefficient (Wildman–Crippen LogP) is 2.77. The molecule has 5 rings (SSSR count). The van der Waals surface area contributed by atoms with Crippen LogP contribution in [-0.4, -0.2) is 74.2 Å². The Balaban J connectivity index is 1.42. The fraction of sp³-hybridized carbons (Fsp3) is 0.500. The summed E-state index contributed by atoms with van der Waals surface area (Å²) in [7, 11) is 0. The quantitative estimate of drug-likeness (QED) is 0.522. The minimum absolute atomic E-state index is 0.0450. The number of anilines is 4. The molecule has 0 amide bonds. The molecule has 2 saturated heterocycles. The maximum Gasteiger partial charge on any atom is 0.227 e. The van der Waals surface area contributed by atoms with Crippen LogP contribution in [0.3, 0.4) is 0 Å².